The minimum absolute atomic E-state index is 0.332. The molecule has 4 aromatic rings. The van der Waals surface area contributed by atoms with E-state index < -0.39 is 17.3 Å². The van der Waals surface area contributed by atoms with Gasteiger partial charge in [-0.1, -0.05) is 34.1 Å². The molecule has 2 N–H and O–H groups in total. The summed E-state index contributed by atoms with van der Waals surface area (Å²) >= 11 is 3.42. The first-order valence-electron chi connectivity index (χ1n) is 9.95. The molecule has 160 valence electrons. The van der Waals surface area contributed by atoms with Crippen LogP contribution >= 0.6 is 15.9 Å². The van der Waals surface area contributed by atoms with Crippen LogP contribution in [0, 0.1) is 12.7 Å². The monoisotopic (exact) mass is 492 g/mol. The Bertz CT molecular complexity index is 1430. The molecule has 1 unspecified atom stereocenters. The number of hydrogen-bond acceptors (Lipinski definition) is 4. The molecule has 3 aromatic carbocycles. The lowest BCUT2D eigenvalue weighted by molar-refractivity contribution is -0.144. The Balaban J connectivity index is 1.86. The van der Waals surface area contributed by atoms with Crippen LogP contribution in [0.1, 0.15) is 21.5 Å². The van der Waals surface area contributed by atoms with Gasteiger partial charge in [0.25, 0.3) is 0 Å². The van der Waals surface area contributed by atoms with Gasteiger partial charge in [0.2, 0.25) is 11.3 Å². The largest absolute Gasteiger partial charge is 0.467 e. The van der Waals surface area contributed by atoms with Gasteiger partial charge in [0.05, 0.1) is 12.8 Å². The average Bonchev–Trinajstić information content (AvgIpc) is 3.31. The van der Waals surface area contributed by atoms with Crippen molar-refractivity contribution in [2.75, 3.05) is 12.4 Å². The molecule has 0 radical (unpaired) electrons. The Morgan fingerprint density at radius 2 is 1.88 bits per heavy atom. The van der Waals surface area contributed by atoms with Crippen molar-refractivity contribution in [3.8, 4) is 11.3 Å². The fraction of sp³-hybridized carbons (Fsp3) is 0.120. The van der Waals surface area contributed by atoms with E-state index in [4.69, 9.17) is 4.74 Å². The Labute approximate surface area is 191 Å². The van der Waals surface area contributed by atoms with E-state index in [1.807, 2.05) is 24.3 Å². The lowest BCUT2D eigenvalue weighted by Crippen LogP contribution is -2.47. The Kier molecular flexibility index (Phi) is 4.67. The summed E-state index contributed by atoms with van der Waals surface area (Å²) in [4.78, 5) is 30.5. The maximum atomic E-state index is 14.0. The average molecular weight is 493 g/mol. The van der Waals surface area contributed by atoms with E-state index in [-0.39, 0.29) is 5.82 Å². The van der Waals surface area contributed by atoms with Gasteiger partial charge in [-0.05, 0) is 60.5 Å². The maximum Gasteiger partial charge on any atom is 0.344 e. The number of fused-ring (bicyclic) bond motifs is 2. The first-order chi connectivity index (χ1) is 15.4. The molecule has 0 amide bonds. The molecule has 7 heteroatoms. The highest BCUT2D eigenvalue weighted by Crippen LogP contribution is 2.47. The number of nitrogens with one attached hydrogen (secondary N) is 2. The first-order valence-corrected chi connectivity index (χ1v) is 10.7. The molecule has 1 atom stereocenters. The maximum absolute atomic E-state index is 14.0. The number of rotatable bonds is 3. The van der Waals surface area contributed by atoms with Gasteiger partial charge in [0.1, 0.15) is 5.82 Å². The highest BCUT2D eigenvalue weighted by molar-refractivity contribution is 9.10. The van der Waals surface area contributed by atoms with E-state index in [0.29, 0.717) is 39.0 Å². The number of aryl methyl sites for hydroxylation is 1. The van der Waals surface area contributed by atoms with Crippen LogP contribution in [0.3, 0.4) is 0 Å². The molecule has 0 saturated carbocycles. The highest BCUT2D eigenvalue weighted by Gasteiger charge is 2.56. The van der Waals surface area contributed by atoms with Gasteiger partial charge < -0.3 is 15.0 Å². The molecule has 0 saturated heterocycles. The summed E-state index contributed by atoms with van der Waals surface area (Å²) in [6.45, 7) is 1.67. The van der Waals surface area contributed by atoms with Crippen LogP contribution in [0.5, 0.6) is 0 Å². The highest BCUT2D eigenvalue weighted by atomic mass is 79.9. The van der Waals surface area contributed by atoms with Crippen molar-refractivity contribution in [2.24, 2.45) is 0 Å². The lowest BCUT2D eigenvalue weighted by Gasteiger charge is -2.27. The van der Waals surface area contributed by atoms with Crippen LogP contribution < -0.4 is 5.32 Å². The van der Waals surface area contributed by atoms with Gasteiger partial charge in [-0.25, -0.2) is 9.18 Å². The normalized spacial score (nSPS) is 17.3. The molecule has 0 spiro atoms. The molecular formula is C25H18BrFN2O3. The van der Waals surface area contributed by atoms with Crippen LogP contribution in [0.4, 0.5) is 10.1 Å². The third-order valence-corrected chi connectivity index (χ3v) is 6.40. The van der Waals surface area contributed by atoms with Crippen LogP contribution in [-0.2, 0) is 15.1 Å². The van der Waals surface area contributed by atoms with Crippen molar-refractivity contribution in [3.05, 3.63) is 87.6 Å². The zero-order valence-corrected chi connectivity index (χ0v) is 18.8. The number of ether oxygens (including phenoxy) is 1. The van der Waals surface area contributed by atoms with Crippen LogP contribution in [0.2, 0.25) is 0 Å². The summed E-state index contributed by atoms with van der Waals surface area (Å²) in [5.41, 5.74) is 1.98. The van der Waals surface area contributed by atoms with Gasteiger partial charge in [-0.3, -0.25) is 4.79 Å². The van der Waals surface area contributed by atoms with E-state index in [1.54, 1.807) is 37.3 Å². The second kappa shape index (κ2) is 7.31. The SMILES string of the molecule is COC(=O)C1(c2c(-c3ccc(F)c(C)c3)[nH]c3ccccc23)Nc2cc(Br)ccc2C1=O. The number of aromatic nitrogens is 1. The number of benzene rings is 3. The molecule has 5 rings (SSSR count). The number of anilines is 1. The smallest absolute Gasteiger partial charge is 0.344 e. The third-order valence-electron chi connectivity index (χ3n) is 5.91. The second-order valence-corrected chi connectivity index (χ2v) is 8.69. The van der Waals surface area contributed by atoms with Crippen molar-refractivity contribution < 1.29 is 18.7 Å². The van der Waals surface area contributed by atoms with Crippen molar-refractivity contribution in [2.45, 2.75) is 12.5 Å². The molecule has 1 aromatic heterocycles. The summed E-state index contributed by atoms with van der Waals surface area (Å²) in [5.74, 6) is -1.46. The van der Waals surface area contributed by atoms with Crippen molar-refractivity contribution in [3.63, 3.8) is 0 Å². The van der Waals surface area contributed by atoms with Crippen LogP contribution in [0.25, 0.3) is 22.2 Å². The van der Waals surface area contributed by atoms with E-state index in [0.717, 1.165) is 9.99 Å². The fourth-order valence-corrected chi connectivity index (χ4v) is 4.76. The number of hydrogen-bond donors (Lipinski definition) is 2. The molecular weight excluding hydrogens is 475 g/mol. The molecule has 0 aliphatic carbocycles. The number of methoxy groups -OCH3 is 1. The minimum Gasteiger partial charge on any atom is -0.467 e. The summed E-state index contributed by atoms with van der Waals surface area (Å²) < 4.78 is 19.9. The standard InChI is InChI=1S/C25H18BrFN2O3/c1-13-11-14(7-10-18(13)27)22-21(16-5-3-4-6-19(16)28-22)25(24(31)32-2)23(30)17-9-8-15(26)12-20(17)29-25/h3-12,28-29H,1-2H3. The zero-order valence-electron chi connectivity index (χ0n) is 17.3. The summed E-state index contributed by atoms with van der Waals surface area (Å²) in [6.07, 6.45) is 0. The third kappa shape index (κ3) is 2.81. The van der Waals surface area contributed by atoms with E-state index in [9.17, 15) is 14.0 Å². The lowest BCUT2D eigenvalue weighted by atomic mass is 9.82. The summed E-state index contributed by atoms with van der Waals surface area (Å²) in [7, 11) is 1.26. The van der Waals surface area contributed by atoms with Gasteiger partial charge in [0.15, 0.2) is 0 Å². The van der Waals surface area contributed by atoms with Gasteiger partial charge in [-0.2, -0.15) is 0 Å². The van der Waals surface area contributed by atoms with Crippen molar-refractivity contribution in [1.82, 2.24) is 4.98 Å². The number of ketones is 1. The minimum atomic E-state index is -1.80. The molecule has 1 aliphatic rings. The molecule has 2 heterocycles. The number of esters is 1. The van der Waals surface area contributed by atoms with Gasteiger partial charge in [-0.15, -0.1) is 0 Å². The quantitative estimate of drug-likeness (QED) is 0.283. The Morgan fingerprint density at radius 3 is 2.62 bits per heavy atom. The number of para-hydroxylation sites is 1. The topological polar surface area (TPSA) is 71.2 Å². The van der Waals surface area contributed by atoms with Crippen LogP contribution in [-0.4, -0.2) is 23.8 Å². The molecule has 32 heavy (non-hydrogen) atoms. The number of H-pyrrole nitrogens is 1. The van der Waals surface area contributed by atoms with Gasteiger partial charge in [0, 0.05) is 32.2 Å². The van der Waals surface area contributed by atoms with E-state index >= 15 is 0 Å². The first kappa shape index (κ1) is 20.5. The molecule has 0 fully saturated rings. The summed E-state index contributed by atoms with van der Waals surface area (Å²) in [5, 5.41) is 3.87. The number of halogens is 2. The summed E-state index contributed by atoms with van der Waals surface area (Å²) in [6, 6.07) is 17.3. The Hall–Kier alpha value is -3.45. The van der Waals surface area contributed by atoms with Crippen molar-refractivity contribution >= 4 is 44.3 Å². The van der Waals surface area contributed by atoms with Gasteiger partial charge >= 0.3 is 5.97 Å². The fourth-order valence-electron chi connectivity index (χ4n) is 4.40. The predicted octanol–water partition coefficient (Wildman–Crippen LogP) is 5.72. The second-order valence-electron chi connectivity index (χ2n) is 7.77. The number of carbonyl (C=O) groups is 2. The van der Waals surface area contributed by atoms with E-state index in [2.05, 4.69) is 26.2 Å². The molecule has 5 nitrogen and oxygen atoms in total. The Morgan fingerprint density at radius 1 is 1.09 bits per heavy atom. The predicted molar refractivity (Wildman–Crippen MR) is 124 cm³/mol. The van der Waals surface area contributed by atoms with Crippen molar-refractivity contribution in [1.29, 1.82) is 0 Å². The molecule has 1 aliphatic heterocycles. The van der Waals surface area contributed by atoms with E-state index in [1.165, 1.54) is 13.2 Å². The number of Topliss-reactive ketones (excluding diaryl/α,β-unsaturated/α-hetero) is 1. The van der Waals surface area contributed by atoms with Crippen LogP contribution in [0.15, 0.2) is 65.1 Å². The molecule has 0 bridgehead atoms. The zero-order chi connectivity index (χ0) is 22.6. The number of carbonyl (C=O) groups excluding carboxylic acids is 2. The number of aromatic amines is 1.